The zero-order chi connectivity index (χ0) is 14.7. The van der Waals surface area contributed by atoms with E-state index >= 15 is 0 Å². The zero-order valence-electron chi connectivity index (χ0n) is 11.0. The van der Waals surface area contributed by atoms with E-state index in [1.54, 1.807) is 18.3 Å². The number of hydrogen-bond donors (Lipinski definition) is 1. The second-order valence-electron chi connectivity index (χ2n) is 4.49. The number of rotatable bonds is 4. The Balaban J connectivity index is 1.67. The molecule has 1 heterocycles. The third-order valence-electron chi connectivity index (χ3n) is 2.97. The van der Waals surface area contributed by atoms with E-state index < -0.39 is 0 Å². The minimum atomic E-state index is -0.265. The molecule has 0 amide bonds. The molecule has 106 valence electrons. The molecule has 0 saturated carbocycles. The first-order valence-corrected chi connectivity index (χ1v) is 7.49. The van der Waals surface area contributed by atoms with Crippen LogP contribution < -0.4 is 5.32 Å². The van der Waals surface area contributed by atoms with Gasteiger partial charge < -0.3 is 9.73 Å². The van der Waals surface area contributed by atoms with E-state index in [2.05, 4.69) is 32.9 Å². The molecule has 0 unspecified atom stereocenters. The molecule has 0 aliphatic carbocycles. The number of hydrogen-bond acceptors (Lipinski definition) is 3. The van der Waals surface area contributed by atoms with E-state index in [1.807, 2.05) is 24.3 Å². The Morgan fingerprint density at radius 1 is 1.05 bits per heavy atom. The number of anilines is 1. The number of halogens is 2. The van der Waals surface area contributed by atoms with Crippen LogP contribution in [0.5, 0.6) is 0 Å². The molecule has 0 bridgehead atoms. The first-order chi connectivity index (χ1) is 10.2. The largest absolute Gasteiger partial charge is 0.439 e. The summed E-state index contributed by atoms with van der Waals surface area (Å²) in [7, 11) is 0. The van der Waals surface area contributed by atoms with Crippen molar-refractivity contribution in [1.82, 2.24) is 4.98 Å². The van der Waals surface area contributed by atoms with Gasteiger partial charge in [-0.3, -0.25) is 0 Å². The van der Waals surface area contributed by atoms with Gasteiger partial charge >= 0.3 is 0 Å². The highest BCUT2D eigenvalue weighted by molar-refractivity contribution is 14.1. The predicted molar refractivity (Wildman–Crippen MR) is 88.4 cm³/mol. The van der Waals surface area contributed by atoms with E-state index in [0.29, 0.717) is 18.2 Å². The van der Waals surface area contributed by atoms with Crippen LogP contribution in [0, 0.1) is 9.39 Å². The minimum Gasteiger partial charge on any atom is -0.439 e. The van der Waals surface area contributed by atoms with Crippen molar-refractivity contribution in [3.8, 4) is 11.3 Å². The van der Waals surface area contributed by atoms with Gasteiger partial charge in [0.05, 0.1) is 12.7 Å². The van der Waals surface area contributed by atoms with Crippen LogP contribution in [0.25, 0.3) is 11.3 Å². The van der Waals surface area contributed by atoms with Gasteiger partial charge in [0.25, 0.3) is 0 Å². The van der Waals surface area contributed by atoms with Crippen molar-refractivity contribution >= 4 is 28.3 Å². The fourth-order valence-corrected chi connectivity index (χ4v) is 2.24. The molecule has 3 aromatic rings. The highest BCUT2D eigenvalue weighted by atomic mass is 127. The van der Waals surface area contributed by atoms with Crippen LogP contribution in [0.4, 0.5) is 10.1 Å². The molecule has 0 spiro atoms. The molecular weight excluding hydrogens is 382 g/mol. The Hall–Kier alpha value is -1.89. The highest BCUT2D eigenvalue weighted by Crippen LogP contribution is 2.21. The van der Waals surface area contributed by atoms with E-state index in [0.717, 1.165) is 11.3 Å². The smallest absolute Gasteiger partial charge is 0.214 e. The Morgan fingerprint density at radius 2 is 1.76 bits per heavy atom. The second kappa shape index (κ2) is 6.26. The Bertz CT molecular complexity index is 723. The van der Waals surface area contributed by atoms with E-state index in [4.69, 9.17) is 4.42 Å². The van der Waals surface area contributed by atoms with Crippen molar-refractivity contribution < 1.29 is 8.81 Å². The van der Waals surface area contributed by atoms with Gasteiger partial charge in [0.2, 0.25) is 5.89 Å². The monoisotopic (exact) mass is 394 g/mol. The molecule has 3 rings (SSSR count). The summed E-state index contributed by atoms with van der Waals surface area (Å²) in [6.07, 6.45) is 1.65. The summed E-state index contributed by atoms with van der Waals surface area (Å²) in [6.45, 7) is 0.502. The van der Waals surface area contributed by atoms with Gasteiger partial charge in [-0.25, -0.2) is 9.37 Å². The van der Waals surface area contributed by atoms with Crippen LogP contribution in [0.3, 0.4) is 0 Å². The van der Waals surface area contributed by atoms with E-state index in [1.165, 1.54) is 15.7 Å². The summed E-state index contributed by atoms with van der Waals surface area (Å²) in [5.74, 6) is 0.959. The van der Waals surface area contributed by atoms with Crippen molar-refractivity contribution in [3.05, 3.63) is 70.0 Å². The maximum atomic E-state index is 12.9. The molecule has 0 saturated heterocycles. The molecule has 1 N–H and O–H groups in total. The third kappa shape index (κ3) is 3.60. The molecule has 5 heteroatoms. The SMILES string of the molecule is Fc1ccc(-c2cnc(CNc3ccc(I)cc3)o2)cc1. The fourth-order valence-electron chi connectivity index (χ4n) is 1.89. The third-order valence-corrected chi connectivity index (χ3v) is 3.69. The number of benzene rings is 2. The molecule has 0 aliphatic rings. The topological polar surface area (TPSA) is 38.1 Å². The molecule has 3 nitrogen and oxygen atoms in total. The molecule has 0 aliphatic heterocycles. The maximum Gasteiger partial charge on any atom is 0.214 e. The van der Waals surface area contributed by atoms with Crippen LogP contribution in [0.15, 0.2) is 59.1 Å². The Labute approximate surface area is 135 Å². The quantitative estimate of drug-likeness (QED) is 0.653. The van der Waals surface area contributed by atoms with Gasteiger partial charge in [-0.1, -0.05) is 0 Å². The van der Waals surface area contributed by atoms with Crippen LogP contribution in [-0.2, 0) is 6.54 Å². The molecule has 0 atom stereocenters. The molecule has 1 aromatic heterocycles. The number of nitrogens with one attached hydrogen (secondary N) is 1. The van der Waals surface area contributed by atoms with Crippen LogP contribution >= 0.6 is 22.6 Å². The lowest BCUT2D eigenvalue weighted by Crippen LogP contribution is -1.99. The molecule has 2 aromatic carbocycles. The van der Waals surface area contributed by atoms with Crippen molar-refractivity contribution in [2.45, 2.75) is 6.54 Å². The summed E-state index contributed by atoms with van der Waals surface area (Å²) in [6, 6.07) is 14.2. The van der Waals surface area contributed by atoms with Gasteiger partial charge in [-0.05, 0) is 71.1 Å². The Kier molecular flexibility index (Phi) is 4.19. The lowest BCUT2D eigenvalue weighted by atomic mass is 10.2. The van der Waals surface area contributed by atoms with E-state index in [-0.39, 0.29) is 5.82 Å². The van der Waals surface area contributed by atoms with Crippen molar-refractivity contribution in [2.75, 3.05) is 5.32 Å². The zero-order valence-corrected chi connectivity index (χ0v) is 13.2. The highest BCUT2D eigenvalue weighted by Gasteiger charge is 2.06. The first kappa shape index (κ1) is 14.1. The molecule has 21 heavy (non-hydrogen) atoms. The summed E-state index contributed by atoms with van der Waals surface area (Å²) in [5, 5.41) is 3.24. The van der Waals surface area contributed by atoms with Crippen molar-refractivity contribution in [2.24, 2.45) is 0 Å². The van der Waals surface area contributed by atoms with E-state index in [9.17, 15) is 4.39 Å². The summed E-state index contributed by atoms with van der Waals surface area (Å²) < 4.78 is 19.7. The van der Waals surface area contributed by atoms with Crippen molar-refractivity contribution in [1.29, 1.82) is 0 Å². The Morgan fingerprint density at radius 3 is 2.48 bits per heavy atom. The van der Waals surface area contributed by atoms with Crippen LogP contribution in [0.2, 0.25) is 0 Å². The van der Waals surface area contributed by atoms with Gasteiger partial charge in [-0.15, -0.1) is 0 Å². The van der Waals surface area contributed by atoms with Crippen LogP contribution in [-0.4, -0.2) is 4.98 Å². The average molecular weight is 394 g/mol. The van der Waals surface area contributed by atoms with Gasteiger partial charge in [0, 0.05) is 14.8 Å². The van der Waals surface area contributed by atoms with Gasteiger partial charge in [-0.2, -0.15) is 0 Å². The fraction of sp³-hybridized carbons (Fsp3) is 0.0625. The lowest BCUT2D eigenvalue weighted by molar-refractivity contribution is 0.516. The summed E-state index contributed by atoms with van der Waals surface area (Å²) in [5.41, 5.74) is 1.82. The molecular formula is C16H12FIN2O. The normalized spacial score (nSPS) is 10.6. The minimum absolute atomic E-state index is 0.265. The standard InChI is InChI=1S/C16H12FIN2O/c17-12-3-1-11(2-4-12)15-9-20-16(21-15)10-19-14-7-5-13(18)6-8-14/h1-9,19H,10H2. The first-order valence-electron chi connectivity index (χ1n) is 6.41. The number of nitrogens with zero attached hydrogens (tertiary/aromatic N) is 1. The summed E-state index contributed by atoms with van der Waals surface area (Å²) in [4.78, 5) is 4.22. The summed E-state index contributed by atoms with van der Waals surface area (Å²) >= 11 is 2.26. The van der Waals surface area contributed by atoms with Gasteiger partial charge in [0.15, 0.2) is 5.76 Å². The average Bonchev–Trinajstić information content (AvgIpc) is 2.96. The van der Waals surface area contributed by atoms with Gasteiger partial charge in [0.1, 0.15) is 5.82 Å². The molecule has 0 radical (unpaired) electrons. The molecule has 0 fully saturated rings. The second-order valence-corrected chi connectivity index (χ2v) is 5.73. The van der Waals surface area contributed by atoms with Crippen molar-refractivity contribution in [3.63, 3.8) is 0 Å². The number of aromatic nitrogens is 1. The maximum absolute atomic E-state index is 12.9. The number of oxazole rings is 1. The van der Waals surface area contributed by atoms with Crippen LogP contribution in [0.1, 0.15) is 5.89 Å². The lowest BCUT2D eigenvalue weighted by Gasteiger charge is -2.03. The predicted octanol–water partition coefficient (Wildman–Crippen LogP) is 4.70.